The first-order chi connectivity index (χ1) is 10.0. The Hall–Kier alpha value is -1.52. The molecule has 0 aliphatic heterocycles. The first-order valence-electron chi connectivity index (χ1n) is 7.03. The van der Waals surface area contributed by atoms with Crippen LogP contribution in [-0.4, -0.2) is 10.8 Å². The lowest BCUT2D eigenvalue weighted by atomic mass is 9.78. The molecule has 1 aromatic carbocycles. The lowest BCUT2D eigenvalue weighted by Gasteiger charge is -2.26. The number of fused-ring (bicyclic) bond motifs is 2. The number of nitrogens with zero attached hydrogens (tertiary/aromatic N) is 1. The third kappa shape index (κ3) is 2.14. The summed E-state index contributed by atoms with van der Waals surface area (Å²) in [7, 11) is 0. The molecule has 2 nitrogen and oxygen atoms in total. The number of carbonyl (C=O) groups excluding carboxylic acids is 1. The van der Waals surface area contributed by atoms with Crippen LogP contribution in [0.4, 0.5) is 0 Å². The van der Waals surface area contributed by atoms with Gasteiger partial charge in [0, 0.05) is 27.5 Å². The normalized spacial score (nSPS) is 17.1. The number of benzene rings is 1. The van der Waals surface area contributed by atoms with Crippen LogP contribution in [0.25, 0.3) is 20.7 Å². The number of carbonyl (C=O) groups is 1. The van der Waals surface area contributed by atoms with Crippen molar-refractivity contribution in [3.63, 3.8) is 0 Å². The zero-order chi connectivity index (χ0) is 14.6. The minimum atomic E-state index is 0.0339. The van der Waals surface area contributed by atoms with E-state index in [-0.39, 0.29) is 11.2 Å². The average molecular weight is 313 g/mol. The zero-order valence-corrected chi connectivity index (χ0v) is 13.6. The summed E-state index contributed by atoms with van der Waals surface area (Å²) in [5.41, 5.74) is 2.19. The predicted molar refractivity (Wildman–Crippen MR) is 89.4 cm³/mol. The summed E-state index contributed by atoms with van der Waals surface area (Å²) in [5.74, 6) is 0.254. The van der Waals surface area contributed by atoms with Crippen molar-refractivity contribution in [3.05, 3.63) is 40.2 Å². The zero-order valence-electron chi connectivity index (χ0n) is 12.0. The monoisotopic (exact) mass is 313 g/mol. The lowest BCUT2D eigenvalue weighted by Crippen LogP contribution is -2.25. The van der Waals surface area contributed by atoms with Crippen LogP contribution in [0.1, 0.15) is 35.6 Å². The predicted octanol–water partition coefficient (Wildman–Crippen LogP) is 5.18. The summed E-state index contributed by atoms with van der Waals surface area (Å²) >= 11 is 3.30. The molecule has 1 aliphatic carbocycles. The van der Waals surface area contributed by atoms with Gasteiger partial charge < -0.3 is 0 Å². The first kappa shape index (κ1) is 13.2. The fourth-order valence-electron chi connectivity index (χ4n) is 2.98. The van der Waals surface area contributed by atoms with E-state index < -0.39 is 0 Å². The lowest BCUT2D eigenvalue weighted by molar-refractivity contribution is 0.0916. The SMILES string of the molecule is CC1(C)CC(=O)c2sc(-c3csc4ccccc34)nc2C1. The number of aromatic nitrogens is 1. The van der Waals surface area contributed by atoms with Crippen LogP contribution in [0.5, 0.6) is 0 Å². The Bertz CT molecular complexity index is 857. The maximum Gasteiger partial charge on any atom is 0.175 e. The molecule has 0 saturated carbocycles. The fraction of sp³-hybridized carbons (Fsp3) is 0.294. The highest BCUT2D eigenvalue weighted by Crippen LogP contribution is 2.42. The quantitative estimate of drug-likeness (QED) is 0.619. The van der Waals surface area contributed by atoms with Gasteiger partial charge in [-0.05, 0) is 17.9 Å². The van der Waals surface area contributed by atoms with Gasteiger partial charge >= 0.3 is 0 Å². The molecule has 0 fully saturated rings. The molecule has 0 atom stereocenters. The van der Waals surface area contributed by atoms with E-state index in [0.717, 1.165) is 22.0 Å². The number of hydrogen-bond acceptors (Lipinski definition) is 4. The second-order valence-corrected chi connectivity index (χ2v) is 8.29. The number of ketones is 1. The highest BCUT2D eigenvalue weighted by atomic mass is 32.1. The van der Waals surface area contributed by atoms with Crippen molar-refractivity contribution in [2.24, 2.45) is 5.41 Å². The summed E-state index contributed by atoms with van der Waals surface area (Å²) in [6, 6.07) is 8.38. The number of thiazole rings is 1. The molecule has 2 aromatic heterocycles. The molecule has 106 valence electrons. The Balaban J connectivity index is 1.87. The van der Waals surface area contributed by atoms with Crippen LogP contribution in [0.15, 0.2) is 29.6 Å². The summed E-state index contributed by atoms with van der Waals surface area (Å²) in [6.45, 7) is 4.29. The van der Waals surface area contributed by atoms with Gasteiger partial charge in [0.15, 0.2) is 5.78 Å². The van der Waals surface area contributed by atoms with Crippen LogP contribution in [0.3, 0.4) is 0 Å². The summed E-state index contributed by atoms with van der Waals surface area (Å²) in [4.78, 5) is 18.0. The molecule has 0 amide bonds. The summed E-state index contributed by atoms with van der Waals surface area (Å²) < 4.78 is 1.27. The van der Waals surface area contributed by atoms with E-state index in [0.29, 0.717) is 6.42 Å². The third-order valence-corrected chi connectivity index (χ3v) is 6.08. The topological polar surface area (TPSA) is 30.0 Å². The van der Waals surface area contributed by atoms with Gasteiger partial charge in [-0.2, -0.15) is 0 Å². The van der Waals surface area contributed by atoms with Crippen molar-refractivity contribution in [3.8, 4) is 10.6 Å². The van der Waals surface area contributed by atoms with Crippen molar-refractivity contribution in [1.82, 2.24) is 4.98 Å². The Labute approximate surface area is 131 Å². The van der Waals surface area contributed by atoms with Crippen LogP contribution in [0.2, 0.25) is 0 Å². The largest absolute Gasteiger partial charge is 0.293 e. The third-order valence-electron chi connectivity index (χ3n) is 3.95. The van der Waals surface area contributed by atoms with Gasteiger partial charge in [-0.25, -0.2) is 4.98 Å². The van der Waals surface area contributed by atoms with Gasteiger partial charge in [0.1, 0.15) is 5.01 Å². The van der Waals surface area contributed by atoms with Crippen LogP contribution >= 0.6 is 22.7 Å². The molecule has 3 aromatic rings. The summed E-state index contributed by atoms with van der Waals surface area (Å²) in [6.07, 6.45) is 1.53. The molecule has 0 N–H and O–H groups in total. The summed E-state index contributed by atoms with van der Waals surface area (Å²) in [5, 5.41) is 4.38. The molecule has 0 spiro atoms. The van der Waals surface area contributed by atoms with Crippen molar-refractivity contribution < 1.29 is 4.79 Å². The number of hydrogen-bond donors (Lipinski definition) is 0. The highest BCUT2D eigenvalue weighted by Gasteiger charge is 2.34. The van der Waals surface area contributed by atoms with E-state index >= 15 is 0 Å². The molecule has 4 heteroatoms. The van der Waals surface area contributed by atoms with Gasteiger partial charge in [0.25, 0.3) is 0 Å². The van der Waals surface area contributed by atoms with Gasteiger partial charge in [-0.15, -0.1) is 22.7 Å². The van der Waals surface area contributed by atoms with Gasteiger partial charge in [0.05, 0.1) is 10.6 Å². The fourth-order valence-corrected chi connectivity index (χ4v) is 5.05. The molecule has 2 heterocycles. The Morgan fingerprint density at radius 3 is 2.86 bits per heavy atom. The molecule has 0 bridgehead atoms. The molecule has 0 radical (unpaired) electrons. The van der Waals surface area contributed by atoms with E-state index in [9.17, 15) is 4.79 Å². The van der Waals surface area contributed by atoms with Crippen molar-refractivity contribution in [2.75, 3.05) is 0 Å². The van der Waals surface area contributed by atoms with E-state index in [2.05, 4.69) is 43.5 Å². The maximum atomic E-state index is 12.3. The van der Waals surface area contributed by atoms with Gasteiger partial charge in [-0.1, -0.05) is 32.0 Å². The smallest absolute Gasteiger partial charge is 0.175 e. The molecule has 0 saturated heterocycles. The number of Topliss-reactive ketones (excluding diaryl/α,β-unsaturated/α-hetero) is 1. The molecular weight excluding hydrogens is 298 g/mol. The van der Waals surface area contributed by atoms with E-state index in [1.807, 2.05) is 0 Å². The molecule has 0 unspecified atom stereocenters. The molecule has 21 heavy (non-hydrogen) atoms. The highest BCUT2D eigenvalue weighted by molar-refractivity contribution is 7.20. The minimum Gasteiger partial charge on any atom is -0.293 e. The van der Waals surface area contributed by atoms with Crippen LogP contribution < -0.4 is 0 Å². The van der Waals surface area contributed by atoms with Crippen LogP contribution in [0, 0.1) is 5.41 Å². The second kappa shape index (κ2) is 4.49. The van der Waals surface area contributed by atoms with Crippen LogP contribution in [-0.2, 0) is 6.42 Å². The molecular formula is C17H15NOS2. The Kier molecular flexibility index (Phi) is 2.81. The van der Waals surface area contributed by atoms with E-state index in [1.165, 1.54) is 15.6 Å². The first-order valence-corrected chi connectivity index (χ1v) is 8.73. The van der Waals surface area contributed by atoms with Gasteiger partial charge in [-0.3, -0.25) is 4.79 Å². The standard InChI is InChI=1S/C17H15NOS2/c1-17(2)7-12-15(13(19)8-17)21-16(18-12)11-9-20-14-6-4-3-5-10(11)14/h3-6,9H,7-8H2,1-2H3. The average Bonchev–Trinajstić information content (AvgIpc) is 3.00. The van der Waals surface area contributed by atoms with Crippen molar-refractivity contribution in [2.45, 2.75) is 26.7 Å². The maximum absolute atomic E-state index is 12.3. The van der Waals surface area contributed by atoms with E-state index in [4.69, 9.17) is 4.98 Å². The van der Waals surface area contributed by atoms with Gasteiger partial charge in [0.2, 0.25) is 0 Å². The second-order valence-electron chi connectivity index (χ2n) is 6.38. The molecule has 4 rings (SSSR count). The number of thiophene rings is 1. The van der Waals surface area contributed by atoms with Crippen molar-refractivity contribution >= 4 is 38.5 Å². The Morgan fingerprint density at radius 2 is 2.00 bits per heavy atom. The van der Waals surface area contributed by atoms with E-state index in [1.54, 1.807) is 22.7 Å². The minimum absolute atomic E-state index is 0.0339. The Morgan fingerprint density at radius 1 is 1.19 bits per heavy atom. The number of rotatable bonds is 1. The van der Waals surface area contributed by atoms with Crippen molar-refractivity contribution in [1.29, 1.82) is 0 Å². The molecule has 1 aliphatic rings.